The minimum atomic E-state index is -0.402. The van der Waals surface area contributed by atoms with Crippen LogP contribution in [0.3, 0.4) is 0 Å². The normalized spacial score (nSPS) is 10.9. The number of hydrogen-bond acceptors (Lipinski definition) is 8. The van der Waals surface area contributed by atoms with Gasteiger partial charge >= 0.3 is 6.03 Å². The second-order valence-electron chi connectivity index (χ2n) is 7.99. The molecule has 12 nitrogen and oxygen atoms in total. The number of anilines is 4. The third-order valence-electron chi connectivity index (χ3n) is 5.21. The van der Waals surface area contributed by atoms with Crippen molar-refractivity contribution in [3.05, 3.63) is 72.3 Å². The molecule has 4 heterocycles. The van der Waals surface area contributed by atoms with Gasteiger partial charge in [-0.2, -0.15) is 9.78 Å². The van der Waals surface area contributed by atoms with Crippen molar-refractivity contribution in [1.29, 1.82) is 0 Å². The highest BCUT2D eigenvalue weighted by Gasteiger charge is 2.19. The molecule has 2 amide bonds. The maximum absolute atomic E-state index is 12.7. The molecular weight excluding hydrogens is 460 g/mol. The van der Waals surface area contributed by atoms with E-state index in [0.29, 0.717) is 46.0 Å². The van der Waals surface area contributed by atoms with E-state index in [1.54, 1.807) is 48.1 Å². The molecule has 0 fully saturated rings. The SMILES string of the molecule is CC(=O)Nc1cc(-c2c(Nc3ccn(C(=O)Nc4ccccc4C)n3)nc3cccnn23)nc(C)n1. The van der Waals surface area contributed by atoms with Crippen molar-refractivity contribution >= 4 is 40.7 Å². The number of fused-ring (bicyclic) bond motifs is 1. The minimum Gasteiger partial charge on any atom is -0.321 e. The number of hydrogen-bond donors (Lipinski definition) is 3. The first kappa shape index (κ1) is 22.7. The summed E-state index contributed by atoms with van der Waals surface area (Å²) in [6.45, 7) is 5.05. The van der Waals surface area contributed by atoms with Crippen molar-refractivity contribution in [1.82, 2.24) is 34.3 Å². The van der Waals surface area contributed by atoms with Crippen LogP contribution in [0.15, 0.2) is 60.9 Å². The lowest BCUT2D eigenvalue weighted by Gasteiger charge is -2.08. The predicted octanol–water partition coefficient (Wildman–Crippen LogP) is 3.78. The Morgan fingerprint density at radius 2 is 1.75 bits per heavy atom. The van der Waals surface area contributed by atoms with Gasteiger partial charge in [0.25, 0.3) is 0 Å². The number of aryl methyl sites for hydroxylation is 2. The Labute approximate surface area is 205 Å². The molecule has 0 atom stereocenters. The number of benzene rings is 1. The fraction of sp³-hybridized carbons (Fsp3) is 0.125. The molecule has 3 N–H and O–H groups in total. The van der Waals surface area contributed by atoms with E-state index in [9.17, 15) is 9.59 Å². The van der Waals surface area contributed by atoms with Crippen LogP contribution >= 0.6 is 0 Å². The summed E-state index contributed by atoms with van der Waals surface area (Å²) in [5.41, 5.74) is 3.26. The molecular formula is C24H22N10O2. The number of imidazole rings is 1. The van der Waals surface area contributed by atoms with Gasteiger partial charge in [-0.15, -0.1) is 5.10 Å². The summed E-state index contributed by atoms with van der Waals surface area (Å²) in [4.78, 5) is 37.7. The van der Waals surface area contributed by atoms with Crippen LogP contribution in [0.5, 0.6) is 0 Å². The maximum Gasteiger partial charge on any atom is 0.346 e. The van der Waals surface area contributed by atoms with Gasteiger partial charge in [-0.1, -0.05) is 18.2 Å². The van der Waals surface area contributed by atoms with E-state index in [0.717, 1.165) is 5.56 Å². The number of amides is 2. The lowest BCUT2D eigenvalue weighted by molar-refractivity contribution is -0.114. The first-order valence-electron chi connectivity index (χ1n) is 11.0. The topological polar surface area (TPSA) is 144 Å². The average molecular weight is 483 g/mol. The predicted molar refractivity (Wildman–Crippen MR) is 134 cm³/mol. The van der Waals surface area contributed by atoms with Crippen molar-refractivity contribution in [3.63, 3.8) is 0 Å². The van der Waals surface area contributed by atoms with Gasteiger partial charge in [-0.05, 0) is 37.6 Å². The van der Waals surface area contributed by atoms with Gasteiger partial charge in [0.05, 0.1) is 5.69 Å². The van der Waals surface area contributed by atoms with E-state index in [-0.39, 0.29) is 5.91 Å². The molecule has 0 unspecified atom stereocenters. The number of carbonyl (C=O) groups excluding carboxylic acids is 2. The fourth-order valence-corrected chi connectivity index (χ4v) is 3.65. The first-order chi connectivity index (χ1) is 17.4. The van der Waals surface area contributed by atoms with Crippen LogP contribution in [-0.4, -0.2) is 46.3 Å². The van der Waals surface area contributed by atoms with Gasteiger partial charge in [-0.3, -0.25) is 4.79 Å². The molecule has 0 bridgehead atoms. The summed E-state index contributed by atoms with van der Waals surface area (Å²) in [6, 6.07) is 14.0. The number of aromatic nitrogens is 7. The highest BCUT2D eigenvalue weighted by molar-refractivity contribution is 5.91. The van der Waals surface area contributed by atoms with Crippen LogP contribution in [0.4, 0.5) is 27.9 Å². The summed E-state index contributed by atoms with van der Waals surface area (Å²) in [5.74, 6) is 1.39. The lowest BCUT2D eigenvalue weighted by atomic mass is 10.2. The molecule has 0 saturated heterocycles. The zero-order chi connectivity index (χ0) is 25.2. The van der Waals surface area contributed by atoms with Gasteiger partial charge < -0.3 is 16.0 Å². The monoisotopic (exact) mass is 482 g/mol. The smallest absolute Gasteiger partial charge is 0.321 e. The van der Waals surface area contributed by atoms with Gasteiger partial charge in [0.2, 0.25) is 5.91 Å². The van der Waals surface area contributed by atoms with Crippen LogP contribution < -0.4 is 16.0 Å². The minimum absolute atomic E-state index is 0.247. The number of nitrogens with one attached hydrogen (secondary N) is 3. The van der Waals surface area contributed by atoms with E-state index in [1.807, 2.05) is 31.2 Å². The Morgan fingerprint density at radius 3 is 2.56 bits per heavy atom. The van der Waals surface area contributed by atoms with E-state index in [4.69, 9.17) is 0 Å². The van der Waals surface area contributed by atoms with E-state index >= 15 is 0 Å². The quantitative estimate of drug-likeness (QED) is 0.343. The van der Waals surface area contributed by atoms with Gasteiger partial charge in [0.15, 0.2) is 17.3 Å². The summed E-state index contributed by atoms with van der Waals surface area (Å²) in [7, 11) is 0. The lowest BCUT2D eigenvalue weighted by Crippen LogP contribution is -2.20. The molecule has 36 heavy (non-hydrogen) atoms. The Bertz CT molecular complexity index is 1600. The third kappa shape index (κ3) is 4.59. The van der Waals surface area contributed by atoms with Crippen molar-refractivity contribution in [2.24, 2.45) is 0 Å². The fourth-order valence-electron chi connectivity index (χ4n) is 3.65. The van der Waals surface area contributed by atoms with Gasteiger partial charge in [0, 0.05) is 37.1 Å². The molecule has 4 aromatic heterocycles. The van der Waals surface area contributed by atoms with Crippen LogP contribution in [0, 0.1) is 13.8 Å². The molecule has 5 rings (SSSR count). The van der Waals surface area contributed by atoms with Gasteiger partial charge in [-0.25, -0.2) is 24.3 Å². The molecule has 0 aliphatic rings. The molecule has 5 aromatic rings. The van der Waals surface area contributed by atoms with Crippen LogP contribution in [0.2, 0.25) is 0 Å². The summed E-state index contributed by atoms with van der Waals surface area (Å²) < 4.78 is 2.83. The zero-order valence-corrected chi connectivity index (χ0v) is 19.7. The molecule has 0 aliphatic heterocycles. The van der Waals surface area contributed by atoms with Crippen LogP contribution in [0.1, 0.15) is 18.3 Å². The zero-order valence-electron chi connectivity index (χ0n) is 19.7. The second kappa shape index (κ2) is 9.25. The second-order valence-corrected chi connectivity index (χ2v) is 7.99. The molecule has 0 spiro atoms. The van der Waals surface area contributed by atoms with Crippen molar-refractivity contribution in [3.8, 4) is 11.4 Å². The molecule has 0 radical (unpaired) electrons. The highest BCUT2D eigenvalue weighted by Crippen LogP contribution is 2.30. The third-order valence-corrected chi connectivity index (χ3v) is 5.21. The van der Waals surface area contributed by atoms with E-state index in [2.05, 4.69) is 41.1 Å². The largest absolute Gasteiger partial charge is 0.346 e. The van der Waals surface area contributed by atoms with E-state index < -0.39 is 6.03 Å². The number of nitrogens with zero attached hydrogens (tertiary/aromatic N) is 7. The van der Waals surface area contributed by atoms with E-state index in [1.165, 1.54) is 11.6 Å². The Balaban J connectivity index is 1.48. The first-order valence-corrected chi connectivity index (χ1v) is 11.0. The van der Waals surface area contributed by atoms with Crippen molar-refractivity contribution < 1.29 is 9.59 Å². The van der Waals surface area contributed by atoms with Crippen LogP contribution in [-0.2, 0) is 4.79 Å². The standard InChI is InChI=1S/C24H22N10O2/c1-14-7-4-5-8-17(14)29-24(36)33-12-10-19(32-33)30-23-22(34-21(31-23)9-6-11-25-34)18-13-20(28-16(3)35)27-15(2)26-18/h4-13H,1-3H3,(H,29,36)(H,30,32)(H,26,27,28,35). The average Bonchev–Trinajstić information content (AvgIpc) is 3.44. The molecule has 12 heteroatoms. The number of rotatable bonds is 5. The van der Waals surface area contributed by atoms with Crippen LogP contribution in [0.25, 0.3) is 17.0 Å². The Morgan fingerprint density at radius 1 is 0.917 bits per heavy atom. The summed E-state index contributed by atoms with van der Waals surface area (Å²) >= 11 is 0. The maximum atomic E-state index is 12.7. The van der Waals surface area contributed by atoms with Crippen molar-refractivity contribution in [2.75, 3.05) is 16.0 Å². The highest BCUT2D eigenvalue weighted by atomic mass is 16.2. The summed E-state index contributed by atoms with van der Waals surface area (Å²) in [5, 5.41) is 17.4. The molecule has 180 valence electrons. The van der Waals surface area contributed by atoms with Crippen molar-refractivity contribution in [2.45, 2.75) is 20.8 Å². The number of carbonyl (C=O) groups is 2. The van der Waals surface area contributed by atoms with Gasteiger partial charge in [0.1, 0.15) is 17.3 Å². The molecule has 0 saturated carbocycles. The Hall–Kier alpha value is -5.13. The Kier molecular flexibility index (Phi) is 5.82. The molecule has 1 aromatic carbocycles. The molecule has 0 aliphatic carbocycles. The summed E-state index contributed by atoms with van der Waals surface area (Å²) in [6.07, 6.45) is 3.18. The number of para-hydroxylation sites is 1.